The highest BCUT2D eigenvalue weighted by Crippen LogP contribution is 2.40. The molecular weight excluding hydrogens is 350 g/mol. The van der Waals surface area contributed by atoms with E-state index in [4.69, 9.17) is 9.47 Å². The number of nitrogens with zero attached hydrogens (tertiary/aromatic N) is 1. The number of allylic oxidation sites excluding steroid dienone is 4. The second-order valence-corrected chi connectivity index (χ2v) is 8.30. The zero-order valence-corrected chi connectivity index (χ0v) is 17.7. The average molecular weight is 384 g/mol. The fourth-order valence-corrected chi connectivity index (χ4v) is 3.88. The number of hydrogen-bond acceptors (Lipinski definition) is 3. The Labute approximate surface area is 169 Å². The molecule has 152 valence electrons. The Bertz CT molecular complexity index is 766. The van der Waals surface area contributed by atoms with Crippen molar-refractivity contribution >= 4 is 11.7 Å². The van der Waals surface area contributed by atoms with Crippen molar-refractivity contribution in [3.63, 3.8) is 0 Å². The number of rotatable bonds is 4. The molecule has 0 unspecified atom stereocenters. The van der Waals surface area contributed by atoms with Gasteiger partial charge in [-0.15, -0.1) is 0 Å². The van der Waals surface area contributed by atoms with Gasteiger partial charge in [0, 0.05) is 25.9 Å². The third-order valence-electron chi connectivity index (χ3n) is 5.72. The first kappa shape index (κ1) is 20.5. The lowest BCUT2D eigenvalue weighted by atomic mass is 9.82. The molecular formula is C24H33NO3. The molecule has 1 aromatic rings. The highest BCUT2D eigenvalue weighted by molar-refractivity contribution is 5.68. The predicted molar refractivity (Wildman–Crippen MR) is 114 cm³/mol. The van der Waals surface area contributed by atoms with Gasteiger partial charge in [0.1, 0.15) is 11.4 Å². The molecule has 2 heterocycles. The van der Waals surface area contributed by atoms with Crippen LogP contribution in [0.5, 0.6) is 5.75 Å². The standard InChI is InChI=1S/C24H33NO3/c1-5-16-27-23(26)25-14-12-24(13-15-25)11-10-21-17-20(8-9-22(21)28-24)19(4)7-6-18(2)3/h6-9,17H,5,10-16H2,1-4H3/b19-7+. The zero-order valence-electron chi connectivity index (χ0n) is 17.7. The molecule has 28 heavy (non-hydrogen) atoms. The summed E-state index contributed by atoms with van der Waals surface area (Å²) in [5, 5.41) is 0. The molecule has 2 aliphatic heterocycles. The van der Waals surface area contributed by atoms with Crippen molar-refractivity contribution in [2.45, 2.75) is 65.4 Å². The van der Waals surface area contributed by atoms with Crippen LogP contribution in [0.25, 0.3) is 5.57 Å². The minimum absolute atomic E-state index is 0.136. The number of piperidine rings is 1. The highest BCUT2D eigenvalue weighted by Gasteiger charge is 2.40. The second-order valence-electron chi connectivity index (χ2n) is 8.30. The predicted octanol–water partition coefficient (Wildman–Crippen LogP) is 5.76. The van der Waals surface area contributed by atoms with E-state index in [0.717, 1.165) is 37.9 Å². The Hall–Kier alpha value is -2.23. The summed E-state index contributed by atoms with van der Waals surface area (Å²) in [5.74, 6) is 1.01. The fourth-order valence-electron chi connectivity index (χ4n) is 3.88. The molecule has 0 radical (unpaired) electrons. The number of amides is 1. The Morgan fingerprint density at radius 3 is 2.61 bits per heavy atom. The minimum Gasteiger partial charge on any atom is -0.487 e. The summed E-state index contributed by atoms with van der Waals surface area (Å²) in [4.78, 5) is 13.9. The molecule has 0 bridgehead atoms. The van der Waals surface area contributed by atoms with Gasteiger partial charge in [0.15, 0.2) is 0 Å². The van der Waals surface area contributed by atoms with Gasteiger partial charge in [-0.05, 0) is 68.9 Å². The lowest BCUT2D eigenvalue weighted by Gasteiger charge is -2.44. The molecule has 0 saturated carbocycles. The van der Waals surface area contributed by atoms with Gasteiger partial charge in [0.25, 0.3) is 0 Å². The number of likely N-dealkylation sites (tertiary alicyclic amines) is 1. The summed E-state index contributed by atoms with van der Waals surface area (Å²) in [5.41, 5.74) is 4.97. The Kier molecular flexibility index (Phi) is 6.48. The molecule has 0 aromatic heterocycles. The summed E-state index contributed by atoms with van der Waals surface area (Å²) in [6.07, 6.45) is 8.78. The molecule has 3 rings (SSSR count). The van der Waals surface area contributed by atoms with E-state index >= 15 is 0 Å². The minimum atomic E-state index is -0.184. The van der Waals surface area contributed by atoms with Crippen molar-refractivity contribution in [2.75, 3.05) is 19.7 Å². The van der Waals surface area contributed by atoms with Gasteiger partial charge in [0.05, 0.1) is 6.61 Å². The first-order chi connectivity index (χ1) is 13.4. The van der Waals surface area contributed by atoms with E-state index in [-0.39, 0.29) is 11.7 Å². The summed E-state index contributed by atoms with van der Waals surface area (Å²) >= 11 is 0. The first-order valence-electron chi connectivity index (χ1n) is 10.5. The SMILES string of the molecule is CCCOC(=O)N1CCC2(CCc3cc(/C(C)=C/C=C(C)C)ccc3O2)CC1. The van der Waals surface area contributed by atoms with E-state index in [1.807, 2.05) is 11.8 Å². The zero-order chi connectivity index (χ0) is 20.1. The van der Waals surface area contributed by atoms with Crippen molar-refractivity contribution in [2.24, 2.45) is 0 Å². The van der Waals surface area contributed by atoms with Crippen molar-refractivity contribution in [3.8, 4) is 5.75 Å². The maximum atomic E-state index is 12.1. The van der Waals surface area contributed by atoms with E-state index in [1.165, 1.54) is 22.3 Å². The second kappa shape index (κ2) is 8.85. The molecule has 1 fully saturated rings. The molecule has 0 aliphatic carbocycles. The molecule has 2 aliphatic rings. The normalized spacial score (nSPS) is 18.3. The number of aryl methyl sites for hydroxylation is 1. The van der Waals surface area contributed by atoms with Crippen LogP contribution in [-0.4, -0.2) is 36.3 Å². The molecule has 0 N–H and O–H groups in total. The maximum Gasteiger partial charge on any atom is 0.409 e. The lowest BCUT2D eigenvalue weighted by molar-refractivity contribution is -0.0142. The van der Waals surface area contributed by atoms with Gasteiger partial charge < -0.3 is 14.4 Å². The van der Waals surface area contributed by atoms with Gasteiger partial charge in [-0.3, -0.25) is 0 Å². The number of ether oxygens (including phenoxy) is 2. The summed E-state index contributed by atoms with van der Waals surface area (Å²) in [6, 6.07) is 6.54. The van der Waals surface area contributed by atoms with Crippen molar-refractivity contribution in [3.05, 3.63) is 47.1 Å². The van der Waals surface area contributed by atoms with Crippen molar-refractivity contribution < 1.29 is 14.3 Å². The fraction of sp³-hybridized carbons (Fsp3) is 0.542. The Morgan fingerprint density at radius 2 is 1.93 bits per heavy atom. The van der Waals surface area contributed by atoms with Crippen LogP contribution < -0.4 is 4.74 Å². The Balaban J connectivity index is 1.65. The lowest BCUT2D eigenvalue weighted by Crippen LogP contribution is -2.51. The maximum absolute atomic E-state index is 12.1. The summed E-state index contributed by atoms with van der Waals surface area (Å²) < 4.78 is 11.8. The molecule has 1 spiro atoms. The van der Waals surface area contributed by atoms with Crippen LogP contribution in [0.1, 0.15) is 64.5 Å². The molecule has 1 saturated heterocycles. The number of carbonyl (C=O) groups is 1. The highest BCUT2D eigenvalue weighted by atomic mass is 16.6. The molecule has 1 aromatic carbocycles. The van der Waals surface area contributed by atoms with Crippen LogP contribution in [0, 0.1) is 0 Å². The van der Waals surface area contributed by atoms with Crippen LogP contribution in [0.3, 0.4) is 0 Å². The number of fused-ring (bicyclic) bond motifs is 1. The van der Waals surface area contributed by atoms with E-state index in [1.54, 1.807) is 0 Å². The van der Waals surface area contributed by atoms with Gasteiger partial charge in [-0.25, -0.2) is 4.79 Å². The Morgan fingerprint density at radius 1 is 1.18 bits per heavy atom. The first-order valence-corrected chi connectivity index (χ1v) is 10.5. The topological polar surface area (TPSA) is 38.8 Å². The van der Waals surface area contributed by atoms with Crippen LogP contribution in [-0.2, 0) is 11.2 Å². The van der Waals surface area contributed by atoms with E-state index in [2.05, 4.69) is 51.1 Å². The van der Waals surface area contributed by atoms with Crippen LogP contribution in [0.2, 0.25) is 0 Å². The van der Waals surface area contributed by atoms with Gasteiger partial charge >= 0.3 is 6.09 Å². The van der Waals surface area contributed by atoms with Gasteiger partial charge in [0.2, 0.25) is 0 Å². The molecule has 0 atom stereocenters. The van der Waals surface area contributed by atoms with E-state index in [0.29, 0.717) is 19.7 Å². The quantitative estimate of drug-likeness (QED) is 0.620. The average Bonchev–Trinajstić information content (AvgIpc) is 2.70. The molecule has 1 amide bonds. The van der Waals surface area contributed by atoms with Crippen molar-refractivity contribution in [1.29, 1.82) is 0 Å². The monoisotopic (exact) mass is 383 g/mol. The largest absolute Gasteiger partial charge is 0.487 e. The summed E-state index contributed by atoms with van der Waals surface area (Å²) in [7, 11) is 0. The van der Waals surface area contributed by atoms with Crippen LogP contribution in [0.15, 0.2) is 35.9 Å². The number of carbonyl (C=O) groups excluding carboxylic acids is 1. The van der Waals surface area contributed by atoms with E-state index < -0.39 is 0 Å². The third kappa shape index (κ3) is 4.78. The molecule has 4 heteroatoms. The van der Waals surface area contributed by atoms with Crippen LogP contribution in [0.4, 0.5) is 4.79 Å². The van der Waals surface area contributed by atoms with Crippen molar-refractivity contribution in [1.82, 2.24) is 4.90 Å². The van der Waals surface area contributed by atoms with Crippen LogP contribution >= 0.6 is 0 Å². The van der Waals surface area contributed by atoms with Gasteiger partial charge in [-0.2, -0.15) is 0 Å². The third-order valence-corrected chi connectivity index (χ3v) is 5.72. The summed E-state index contributed by atoms with van der Waals surface area (Å²) in [6.45, 7) is 10.3. The number of benzene rings is 1. The van der Waals surface area contributed by atoms with E-state index in [9.17, 15) is 4.79 Å². The van der Waals surface area contributed by atoms with Gasteiger partial charge in [-0.1, -0.05) is 30.7 Å². The smallest absolute Gasteiger partial charge is 0.409 e. The molecule has 4 nitrogen and oxygen atoms in total. The number of hydrogen-bond donors (Lipinski definition) is 0.